The minimum atomic E-state index is -0.352. The van der Waals surface area contributed by atoms with E-state index in [2.05, 4.69) is 4.98 Å². The lowest BCUT2D eigenvalue weighted by Gasteiger charge is -2.06. The molecule has 1 unspecified atom stereocenters. The summed E-state index contributed by atoms with van der Waals surface area (Å²) in [6.07, 6.45) is 1.39. The van der Waals surface area contributed by atoms with Crippen molar-refractivity contribution in [3.05, 3.63) is 30.2 Å². The van der Waals surface area contributed by atoms with E-state index in [1.165, 1.54) is 6.39 Å². The Hall–Kier alpha value is -1.39. The largest absolute Gasteiger partial charge is 0.443 e. The predicted octanol–water partition coefficient (Wildman–Crippen LogP) is 0.820. The summed E-state index contributed by atoms with van der Waals surface area (Å²) in [7, 11) is 0. The van der Waals surface area contributed by atoms with Crippen LogP contribution in [0.15, 0.2) is 29.0 Å². The van der Waals surface area contributed by atoms with Gasteiger partial charge in [-0.3, -0.25) is 0 Å². The van der Waals surface area contributed by atoms with Crippen molar-refractivity contribution in [3.63, 3.8) is 0 Å². The molecule has 1 aromatic carbocycles. The first-order valence-electron chi connectivity index (χ1n) is 4.01. The van der Waals surface area contributed by atoms with Crippen LogP contribution in [0.3, 0.4) is 0 Å². The lowest BCUT2D eigenvalue weighted by Crippen LogP contribution is -2.14. The number of nitrogens with two attached hydrogens (primary N) is 1. The van der Waals surface area contributed by atoms with E-state index in [9.17, 15) is 0 Å². The van der Waals surface area contributed by atoms with Gasteiger partial charge in [-0.1, -0.05) is 6.07 Å². The van der Waals surface area contributed by atoms with Crippen LogP contribution >= 0.6 is 0 Å². The van der Waals surface area contributed by atoms with Crippen LogP contribution < -0.4 is 5.73 Å². The molecule has 0 aliphatic carbocycles. The molecule has 4 heteroatoms. The van der Waals surface area contributed by atoms with Crippen LogP contribution in [0.2, 0.25) is 0 Å². The van der Waals surface area contributed by atoms with Gasteiger partial charge in [-0.2, -0.15) is 0 Å². The Morgan fingerprint density at radius 3 is 3.15 bits per heavy atom. The van der Waals surface area contributed by atoms with Crippen molar-refractivity contribution in [2.45, 2.75) is 6.04 Å². The number of rotatable bonds is 2. The third-order valence-corrected chi connectivity index (χ3v) is 1.98. The fourth-order valence-corrected chi connectivity index (χ4v) is 1.21. The Morgan fingerprint density at radius 2 is 2.38 bits per heavy atom. The molecule has 0 fully saturated rings. The van der Waals surface area contributed by atoms with Gasteiger partial charge in [0.2, 0.25) is 0 Å². The first-order valence-corrected chi connectivity index (χ1v) is 4.01. The van der Waals surface area contributed by atoms with Gasteiger partial charge in [-0.15, -0.1) is 0 Å². The van der Waals surface area contributed by atoms with Gasteiger partial charge in [0.25, 0.3) is 0 Å². The summed E-state index contributed by atoms with van der Waals surface area (Å²) in [6.45, 7) is -0.0698. The van der Waals surface area contributed by atoms with E-state index in [1.54, 1.807) is 6.07 Å². The van der Waals surface area contributed by atoms with Gasteiger partial charge >= 0.3 is 0 Å². The molecule has 2 aromatic rings. The maximum atomic E-state index is 8.84. The molecule has 0 aliphatic rings. The van der Waals surface area contributed by atoms with Crippen LogP contribution in [0.4, 0.5) is 0 Å². The number of oxazole rings is 1. The average molecular weight is 178 g/mol. The minimum absolute atomic E-state index is 0.0698. The molecule has 0 spiro atoms. The fraction of sp³-hybridized carbons (Fsp3) is 0.222. The predicted molar refractivity (Wildman–Crippen MR) is 48.0 cm³/mol. The van der Waals surface area contributed by atoms with Crippen LogP contribution in [0.5, 0.6) is 0 Å². The lowest BCUT2D eigenvalue weighted by molar-refractivity contribution is 0.268. The van der Waals surface area contributed by atoms with Gasteiger partial charge in [0.1, 0.15) is 5.52 Å². The van der Waals surface area contributed by atoms with E-state index in [1.807, 2.05) is 12.1 Å². The van der Waals surface area contributed by atoms with Crippen molar-refractivity contribution in [1.82, 2.24) is 4.98 Å². The van der Waals surface area contributed by atoms with Gasteiger partial charge in [0, 0.05) is 0 Å². The summed E-state index contributed by atoms with van der Waals surface area (Å²) in [5, 5.41) is 8.84. The number of aromatic nitrogens is 1. The van der Waals surface area contributed by atoms with Crippen molar-refractivity contribution >= 4 is 11.1 Å². The standard InChI is InChI=1S/C9H10N2O2/c10-7(4-12)6-1-2-8-9(3-6)13-5-11-8/h1-3,5,7,12H,4,10H2. The smallest absolute Gasteiger partial charge is 0.181 e. The fourth-order valence-electron chi connectivity index (χ4n) is 1.21. The van der Waals surface area contributed by atoms with Crippen LogP contribution in [0, 0.1) is 0 Å². The molecule has 0 radical (unpaired) electrons. The molecular weight excluding hydrogens is 168 g/mol. The molecule has 3 N–H and O–H groups in total. The second-order valence-electron chi connectivity index (χ2n) is 2.87. The number of hydrogen-bond acceptors (Lipinski definition) is 4. The molecule has 2 rings (SSSR count). The van der Waals surface area contributed by atoms with E-state index < -0.39 is 0 Å². The van der Waals surface area contributed by atoms with Crippen molar-refractivity contribution < 1.29 is 9.52 Å². The first kappa shape index (κ1) is 8.22. The highest BCUT2D eigenvalue weighted by molar-refractivity contribution is 5.72. The normalized spacial score (nSPS) is 13.4. The zero-order chi connectivity index (χ0) is 9.26. The molecule has 1 heterocycles. The van der Waals surface area contributed by atoms with Crippen LogP contribution in [0.1, 0.15) is 11.6 Å². The molecule has 4 nitrogen and oxygen atoms in total. The maximum absolute atomic E-state index is 8.84. The summed E-state index contributed by atoms with van der Waals surface area (Å²) in [6, 6.07) is 5.10. The second kappa shape index (κ2) is 3.16. The number of fused-ring (bicyclic) bond motifs is 1. The van der Waals surface area contributed by atoms with Gasteiger partial charge in [-0.05, 0) is 17.7 Å². The summed E-state index contributed by atoms with van der Waals surface area (Å²) < 4.78 is 5.10. The molecule has 0 saturated heterocycles. The van der Waals surface area contributed by atoms with Crippen molar-refractivity contribution in [1.29, 1.82) is 0 Å². The van der Waals surface area contributed by atoms with Crippen LogP contribution in [-0.4, -0.2) is 16.7 Å². The summed E-state index contributed by atoms with van der Waals surface area (Å²) in [4.78, 5) is 3.97. The monoisotopic (exact) mass is 178 g/mol. The minimum Gasteiger partial charge on any atom is -0.443 e. The van der Waals surface area contributed by atoms with E-state index in [0.29, 0.717) is 5.58 Å². The number of aliphatic hydroxyl groups is 1. The topological polar surface area (TPSA) is 72.3 Å². The van der Waals surface area contributed by atoms with Gasteiger partial charge in [0.15, 0.2) is 12.0 Å². The highest BCUT2D eigenvalue weighted by atomic mass is 16.3. The molecular formula is C9H10N2O2. The van der Waals surface area contributed by atoms with E-state index in [-0.39, 0.29) is 12.6 Å². The Labute approximate surface area is 75.0 Å². The lowest BCUT2D eigenvalue weighted by atomic mass is 10.1. The van der Waals surface area contributed by atoms with Gasteiger partial charge < -0.3 is 15.3 Å². The molecule has 0 amide bonds. The van der Waals surface area contributed by atoms with E-state index in [0.717, 1.165) is 11.1 Å². The van der Waals surface area contributed by atoms with Crippen molar-refractivity contribution in [2.24, 2.45) is 5.73 Å². The first-order chi connectivity index (χ1) is 6.31. The van der Waals surface area contributed by atoms with Gasteiger partial charge in [-0.25, -0.2) is 4.98 Å². The summed E-state index contributed by atoms with van der Waals surface area (Å²) in [5.41, 5.74) is 7.99. The zero-order valence-electron chi connectivity index (χ0n) is 6.97. The van der Waals surface area contributed by atoms with Crippen molar-refractivity contribution in [2.75, 3.05) is 6.61 Å². The summed E-state index contributed by atoms with van der Waals surface area (Å²) in [5.74, 6) is 0. The third kappa shape index (κ3) is 1.41. The number of hydrogen-bond donors (Lipinski definition) is 2. The Bertz CT molecular complexity index is 411. The molecule has 0 saturated carbocycles. The summed E-state index contributed by atoms with van der Waals surface area (Å²) >= 11 is 0. The Morgan fingerprint density at radius 1 is 1.54 bits per heavy atom. The number of aliphatic hydroxyl groups excluding tert-OH is 1. The van der Waals surface area contributed by atoms with E-state index in [4.69, 9.17) is 15.3 Å². The molecule has 1 atom stereocenters. The van der Waals surface area contributed by atoms with Crippen LogP contribution in [-0.2, 0) is 0 Å². The highest BCUT2D eigenvalue weighted by Crippen LogP contribution is 2.17. The quantitative estimate of drug-likeness (QED) is 0.714. The molecule has 0 bridgehead atoms. The van der Waals surface area contributed by atoms with E-state index >= 15 is 0 Å². The average Bonchev–Trinajstić information content (AvgIpc) is 2.63. The Balaban J connectivity index is 2.48. The Kier molecular flexibility index (Phi) is 2.00. The van der Waals surface area contributed by atoms with Crippen molar-refractivity contribution in [3.8, 4) is 0 Å². The number of nitrogens with zero attached hydrogens (tertiary/aromatic N) is 1. The SMILES string of the molecule is NC(CO)c1ccc2ncoc2c1. The van der Waals surface area contributed by atoms with Gasteiger partial charge in [0.05, 0.1) is 12.6 Å². The molecule has 0 aliphatic heterocycles. The maximum Gasteiger partial charge on any atom is 0.181 e. The second-order valence-corrected chi connectivity index (χ2v) is 2.87. The van der Waals surface area contributed by atoms with Crippen LogP contribution in [0.25, 0.3) is 11.1 Å². The number of benzene rings is 1. The molecule has 13 heavy (non-hydrogen) atoms. The highest BCUT2D eigenvalue weighted by Gasteiger charge is 2.06. The molecule has 68 valence electrons. The third-order valence-electron chi connectivity index (χ3n) is 1.98. The zero-order valence-corrected chi connectivity index (χ0v) is 6.97. The molecule has 1 aromatic heterocycles.